The molecular formula is C11H9BrF6N2O. The van der Waals surface area contributed by atoms with Gasteiger partial charge in [0.1, 0.15) is 6.54 Å². The van der Waals surface area contributed by atoms with Crippen molar-refractivity contribution in [1.82, 2.24) is 5.32 Å². The molecule has 0 aliphatic carbocycles. The van der Waals surface area contributed by atoms with Crippen LogP contribution < -0.4 is 10.6 Å². The van der Waals surface area contributed by atoms with Crippen LogP contribution in [0.3, 0.4) is 0 Å². The third kappa shape index (κ3) is 6.69. The highest BCUT2D eigenvalue weighted by molar-refractivity contribution is 9.10. The average Bonchev–Trinajstić information content (AvgIpc) is 2.31. The molecule has 0 aliphatic rings. The Labute approximate surface area is 123 Å². The van der Waals surface area contributed by atoms with E-state index in [9.17, 15) is 31.1 Å². The molecule has 0 aliphatic heterocycles. The Morgan fingerprint density at radius 1 is 1.10 bits per heavy atom. The van der Waals surface area contributed by atoms with Gasteiger partial charge in [-0.15, -0.1) is 0 Å². The molecular weight excluding hydrogens is 370 g/mol. The molecule has 0 bridgehead atoms. The maximum Gasteiger partial charge on any atom is 0.416 e. The largest absolute Gasteiger partial charge is 0.416 e. The molecule has 0 saturated carbocycles. The second-order valence-electron chi connectivity index (χ2n) is 3.97. The van der Waals surface area contributed by atoms with Gasteiger partial charge in [-0.25, -0.2) is 0 Å². The lowest BCUT2D eigenvalue weighted by Crippen LogP contribution is -2.37. The number of benzene rings is 1. The molecule has 0 saturated heterocycles. The van der Waals surface area contributed by atoms with Gasteiger partial charge < -0.3 is 10.6 Å². The van der Waals surface area contributed by atoms with Crippen molar-refractivity contribution in [1.29, 1.82) is 0 Å². The van der Waals surface area contributed by atoms with Crippen molar-refractivity contribution in [3.63, 3.8) is 0 Å². The van der Waals surface area contributed by atoms with E-state index in [1.807, 2.05) is 0 Å². The van der Waals surface area contributed by atoms with Crippen LogP contribution in [-0.4, -0.2) is 25.2 Å². The Morgan fingerprint density at radius 2 is 1.71 bits per heavy atom. The number of amides is 1. The molecule has 3 nitrogen and oxygen atoms in total. The van der Waals surface area contributed by atoms with Gasteiger partial charge in [0.15, 0.2) is 0 Å². The number of anilines is 1. The van der Waals surface area contributed by atoms with Gasteiger partial charge in [-0.05, 0) is 18.2 Å². The fourth-order valence-electron chi connectivity index (χ4n) is 1.30. The molecule has 0 fully saturated rings. The van der Waals surface area contributed by atoms with Crippen LogP contribution in [0, 0.1) is 0 Å². The van der Waals surface area contributed by atoms with Gasteiger partial charge >= 0.3 is 12.4 Å². The highest BCUT2D eigenvalue weighted by atomic mass is 79.9. The molecule has 0 unspecified atom stereocenters. The monoisotopic (exact) mass is 378 g/mol. The predicted octanol–water partition coefficient (Wildman–Crippen LogP) is 3.56. The summed E-state index contributed by atoms with van der Waals surface area (Å²) in [6, 6.07) is 2.86. The number of rotatable bonds is 4. The van der Waals surface area contributed by atoms with Crippen molar-refractivity contribution in [2.24, 2.45) is 0 Å². The summed E-state index contributed by atoms with van der Waals surface area (Å²) in [7, 11) is 0. The van der Waals surface area contributed by atoms with Crippen molar-refractivity contribution in [2.45, 2.75) is 12.4 Å². The second-order valence-corrected chi connectivity index (χ2v) is 4.89. The Bertz CT molecular complexity index is 514. The van der Waals surface area contributed by atoms with Crippen LogP contribution in [0.1, 0.15) is 5.56 Å². The first-order valence-corrected chi connectivity index (χ1v) is 6.22. The van der Waals surface area contributed by atoms with E-state index in [2.05, 4.69) is 21.2 Å². The number of carbonyl (C=O) groups is 1. The van der Waals surface area contributed by atoms with Crippen LogP contribution in [0.25, 0.3) is 0 Å². The normalized spacial score (nSPS) is 12.1. The standard InChI is InChI=1S/C11H9BrF6N2O/c12-7-1-6(11(16,17)18)2-8(3-7)19-4-9(21)20-5-10(13,14)15/h1-3,19H,4-5H2,(H,20,21). The van der Waals surface area contributed by atoms with Crippen molar-refractivity contribution < 1.29 is 31.1 Å². The molecule has 1 rings (SSSR count). The lowest BCUT2D eigenvalue weighted by molar-refractivity contribution is -0.137. The Balaban J connectivity index is 2.64. The van der Waals surface area contributed by atoms with Gasteiger partial charge in [-0.1, -0.05) is 15.9 Å². The summed E-state index contributed by atoms with van der Waals surface area (Å²) in [6.45, 7) is -2.08. The summed E-state index contributed by atoms with van der Waals surface area (Å²) in [4.78, 5) is 11.1. The lowest BCUT2D eigenvalue weighted by atomic mass is 10.2. The van der Waals surface area contributed by atoms with Gasteiger partial charge in [0.25, 0.3) is 0 Å². The third-order valence-corrected chi connectivity index (χ3v) is 2.62. The molecule has 1 aromatic rings. The van der Waals surface area contributed by atoms with Crippen LogP contribution in [0.5, 0.6) is 0 Å². The summed E-state index contributed by atoms with van der Waals surface area (Å²) in [5.74, 6) is -0.985. The fourth-order valence-corrected chi connectivity index (χ4v) is 1.79. The predicted molar refractivity (Wildman–Crippen MR) is 66.7 cm³/mol. The van der Waals surface area contributed by atoms with Gasteiger partial charge in [-0.3, -0.25) is 4.79 Å². The van der Waals surface area contributed by atoms with Gasteiger partial charge in [0.2, 0.25) is 5.91 Å². The maximum absolute atomic E-state index is 12.5. The van der Waals surface area contributed by atoms with Gasteiger partial charge in [-0.2, -0.15) is 26.3 Å². The topological polar surface area (TPSA) is 41.1 Å². The minimum absolute atomic E-state index is 0.0427. The fraction of sp³-hybridized carbons (Fsp3) is 0.364. The zero-order chi connectivity index (χ0) is 16.3. The van der Waals surface area contributed by atoms with E-state index in [4.69, 9.17) is 0 Å². The molecule has 0 spiro atoms. The van der Waals surface area contributed by atoms with Crippen molar-refractivity contribution in [2.75, 3.05) is 18.4 Å². The molecule has 118 valence electrons. The van der Waals surface area contributed by atoms with E-state index in [0.717, 1.165) is 12.1 Å². The van der Waals surface area contributed by atoms with Crippen LogP contribution >= 0.6 is 15.9 Å². The smallest absolute Gasteiger partial charge is 0.376 e. The molecule has 21 heavy (non-hydrogen) atoms. The molecule has 1 amide bonds. The van der Waals surface area contributed by atoms with Crippen molar-refractivity contribution in [3.05, 3.63) is 28.2 Å². The molecule has 0 heterocycles. The molecule has 0 aromatic heterocycles. The zero-order valence-corrected chi connectivity index (χ0v) is 11.8. The first-order valence-electron chi connectivity index (χ1n) is 5.42. The van der Waals surface area contributed by atoms with E-state index >= 15 is 0 Å². The van der Waals surface area contributed by atoms with Gasteiger partial charge in [0.05, 0.1) is 12.1 Å². The zero-order valence-electron chi connectivity index (χ0n) is 10.2. The van der Waals surface area contributed by atoms with Crippen LogP contribution in [-0.2, 0) is 11.0 Å². The average molecular weight is 379 g/mol. The van der Waals surface area contributed by atoms with E-state index in [-0.39, 0.29) is 10.2 Å². The summed E-state index contributed by atoms with van der Waals surface area (Å²) in [5.41, 5.74) is -0.992. The second kappa shape index (κ2) is 6.54. The third-order valence-electron chi connectivity index (χ3n) is 2.16. The van der Waals surface area contributed by atoms with E-state index in [1.54, 1.807) is 5.32 Å². The first kappa shape index (κ1) is 17.6. The number of hydrogen-bond donors (Lipinski definition) is 2. The van der Waals surface area contributed by atoms with Crippen molar-refractivity contribution >= 4 is 27.5 Å². The highest BCUT2D eigenvalue weighted by Gasteiger charge is 2.31. The minimum atomic E-state index is -4.57. The summed E-state index contributed by atoms with van der Waals surface area (Å²) < 4.78 is 73.3. The van der Waals surface area contributed by atoms with Gasteiger partial charge in [0, 0.05) is 10.2 Å². The van der Waals surface area contributed by atoms with E-state index in [0.29, 0.717) is 0 Å². The Morgan fingerprint density at radius 3 is 2.24 bits per heavy atom. The number of nitrogens with one attached hydrogen (secondary N) is 2. The summed E-state index contributed by atoms with van der Waals surface area (Å²) in [6.07, 6.45) is -9.12. The van der Waals surface area contributed by atoms with E-state index in [1.165, 1.54) is 6.07 Å². The summed E-state index contributed by atoms with van der Waals surface area (Å²) in [5, 5.41) is 3.92. The quantitative estimate of drug-likeness (QED) is 0.786. The lowest BCUT2D eigenvalue weighted by Gasteiger charge is -2.12. The summed E-state index contributed by atoms with van der Waals surface area (Å²) >= 11 is 2.88. The molecule has 1 aromatic carbocycles. The van der Waals surface area contributed by atoms with Crippen LogP contribution in [0.4, 0.5) is 32.0 Å². The molecule has 0 atom stereocenters. The van der Waals surface area contributed by atoms with E-state index < -0.39 is 36.9 Å². The number of carbonyl (C=O) groups excluding carboxylic acids is 1. The molecule has 2 N–H and O–H groups in total. The first-order chi connectivity index (χ1) is 9.47. The maximum atomic E-state index is 12.5. The Hall–Kier alpha value is -1.45. The van der Waals surface area contributed by atoms with Crippen LogP contribution in [0.2, 0.25) is 0 Å². The number of alkyl halides is 6. The molecule has 10 heteroatoms. The number of halogens is 7. The van der Waals surface area contributed by atoms with Crippen molar-refractivity contribution in [3.8, 4) is 0 Å². The van der Waals surface area contributed by atoms with Crippen LogP contribution in [0.15, 0.2) is 22.7 Å². The highest BCUT2D eigenvalue weighted by Crippen LogP contribution is 2.33. The number of hydrogen-bond acceptors (Lipinski definition) is 2. The Kier molecular flexibility index (Phi) is 5.48. The SMILES string of the molecule is O=C(CNc1cc(Br)cc(C(F)(F)F)c1)NCC(F)(F)F. The minimum Gasteiger partial charge on any atom is -0.376 e. The molecule has 0 radical (unpaired) electrons.